The average Bonchev–Trinajstić information content (AvgIpc) is 2.29. The zero-order valence-electron chi connectivity index (χ0n) is 10.5. The van der Waals surface area contributed by atoms with Gasteiger partial charge in [0.2, 0.25) is 10.0 Å². The van der Waals surface area contributed by atoms with Crippen molar-refractivity contribution in [2.75, 3.05) is 18.8 Å². The van der Waals surface area contributed by atoms with Crippen LogP contribution in [0, 0.1) is 18.3 Å². The van der Waals surface area contributed by atoms with E-state index < -0.39 is 10.0 Å². The zero-order valence-corrected chi connectivity index (χ0v) is 11.4. The molecule has 2 N–H and O–H groups in total. The Hall–Kier alpha value is -1.58. The molecule has 0 saturated carbocycles. The summed E-state index contributed by atoms with van der Waals surface area (Å²) in [5.74, 6) is 0. The molecule has 0 saturated heterocycles. The van der Waals surface area contributed by atoms with E-state index >= 15 is 0 Å². The van der Waals surface area contributed by atoms with E-state index in [2.05, 4.69) is 0 Å². The minimum atomic E-state index is -3.63. The Kier molecular flexibility index (Phi) is 4.70. The summed E-state index contributed by atoms with van der Waals surface area (Å²) < 4.78 is 26.2. The number of hydrogen-bond acceptors (Lipinski definition) is 4. The zero-order chi connectivity index (χ0) is 13.8. The molecule has 18 heavy (non-hydrogen) atoms. The molecule has 5 nitrogen and oxygen atoms in total. The molecular formula is C12H17N3O2S. The van der Waals surface area contributed by atoms with Gasteiger partial charge in [0.05, 0.1) is 11.8 Å². The van der Waals surface area contributed by atoms with E-state index in [0.29, 0.717) is 12.1 Å². The largest absolute Gasteiger partial charge is 0.398 e. The molecule has 0 amide bonds. The highest BCUT2D eigenvalue weighted by atomic mass is 32.2. The lowest BCUT2D eigenvalue weighted by atomic mass is 10.2. The third kappa shape index (κ3) is 2.81. The highest BCUT2D eigenvalue weighted by Gasteiger charge is 2.26. The van der Waals surface area contributed by atoms with Crippen molar-refractivity contribution in [2.24, 2.45) is 0 Å². The minimum Gasteiger partial charge on any atom is -0.398 e. The summed E-state index contributed by atoms with van der Waals surface area (Å²) in [6, 6.07) is 6.94. The summed E-state index contributed by atoms with van der Waals surface area (Å²) >= 11 is 0. The Balaban J connectivity index is 3.24. The SMILES string of the molecule is CCN(CCC#N)S(=O)(=O)c1c(C)cccc1N. The van der Waals surface area contributed by atoms with Gasteiger partial charge < -0.3 is 5.73 Å². The Morgan fingerprint density at radius 1 is 1.44 bits per heavy atom. The molecule has 98 valence electrons. The molecule has 1 aromatic carbocycles. The van der Waals surface area contributed by atoms with Crippen molar-refractivity contribution < 1.29 is 8.42 Å². The van der Waals surface area contributed by atoms with Crippen LogP contribution in [-0.4, -0.2) is 25.8 Å². The van der Waals surface area contributed by atoms with Gasteiger partial charge in [0, 0.05) is 19.5 Å². The first-order valence-electron chi connectivity index (χ1n) is 5.67. The van der Waals surface area contributed by atoms with Gasteiger partial charge in [0.1, 0.15) is 4.90 Å². The first kappa shape index (κ1) is 14.5. The maximum atomic E-state index is 12.4. The van der Waals surface area contributed by atoms with Gasteiger partial charge in [-0.3, -0.25) is 0 Å². The number of aryl methyl sites for hydroxylation is 1. The fourth-order valence-electron chi connectivity index (χ4n) is 1.78. The molecule has 0 radical (unpaired) electrons. The van der Waals surface area contributed by atoms with Crippen LogP contribution in [0.5, 0.6) is 0 Å². The molecule has 0 bridgehead atoms. The molecule has 0 spiro atoms. The second-order valence-electron chi connectivity index (χ2n) is 3.90. The van der Waals surface area contributed by atoms with E-state index in [0.717, 1.165) is 0 Å². The Labute approximate surface area is 108 Å². The van der Waals surface area contributed by atoms with Crippen molar-refractivity contribution in [3.8, 4) is 6.07 Å². The third-order valence-corrected chi connectivity index (χ3v) is 4.86. The molecule has 0 aromatic heterocycles. The van der Waals surface area contributed by atoms with Crippen molar-refractivity contribution in [3.05, 3.63) is 23.8 Å². The fourth-order valence-corrected chi connectivity index (χ4v) is 3.55. The molecule has 0 unspecified atom stereocenters. The van der Waals surface area contributed by atoms with Crippen molar-refractivity contribution in [1.82, 2.24) is 4.31 Å². The Morgan fingerprint density at radius 3 is 2.61 bits per heavy atom. The molecule has 0 aliphatic carbocycles. The lowest BCUT2D eigenvalue weighted by Crippen LogP contribution is -2.32. The maximum Gasteiger partial charge on any atom is 0.245 e. The van der Waals surface area contributed by atoms with Crippen LogP contribution in [0.15, 0.2) is 23.1 Å². The maximum absolute atomic E-state index is 12.4. The molecule has 0 fully saturated rings. The van der Waals surface area contributed by atoms with Crippen LogP contribution in [0.1, 0.15) is 18.9 Å². The molecule has 0 atom stereocenters. The lowest BCUT2D eigenvalue weighted by Gasteiger charge is -2.21. The second kappa shape index (κ2) is 5.85. The van der Waals surface area contributed by atoms with Gasteiger partial charge in [0.25, 0.3) is 0 Å². The van der Waals surface area contributed by atoms with Crippen molar-refractivity contribution in [3.63, 3.8) is 0 Å². The fraction of sp³-hybridized carbons (Fsp3) is 0.417. The number of nitrogens with zero attached hydrogens (tertiary/aromatic N) is 2. The second-order valence-corrected chi connectivity index (χ2v) is 5.77. The van der Waals surface area contributed by atoms with E-state index in [1.165, 1.54) is 4.31 Å². The summed E-state index contributed by atoms with van der Waals surface area (Å²) in [7, 11) is -3.63. The van der Waals surface area contributed by atoms with Gasteiger partial charge in [-0.25, -0.2) is 8.42 Å². The van der Waals surface area contributed by atoms with Crippen LogP contribution >= 0.6 is 0 Å². The molecule has 6 heteroatoms. The topological polar surface area (TPSA) is 87.2 Å². The average molecular weight is 267 g/mol. The predicted octanol–water partition coefficient (Wildman–Crippen LogP) is 1.50. The van der Waals surface area contributed by atoms with Crippen LogP contribution in [0.25, 0.3) is 0 Å². The standard InChI is InChI=1S/C12H17N3O2S/c1-3-15(9-5-8-13)18(16,17)12-10(2)6-4-7-11(12)14/h4,6-7H,3,5,9,14H2,1-2H3. The molecule has 0 aliphatic heterocycles. The van der Waals surface area contributed by atoms with Crippen molar-refractivity contribution >= 4 is 15.7 Å². The van der Waals surface area contributed by atoms with Crippen LogP contribution in [0.3, 0.4) is 0 Å². The highest BCUT2D eigenvalue weighted by molar-refractivity contribution is 7.89. The van der Waals surface area contributed by atoms with Crippen LogP contribution in [0.4, 0.5) is 5.69 Å². The van der Waals surface area contributed by atoms with Crippen molar-refractivity contribution in [1.29, 1.82) is 5.26 Å². The summed E-state index contributed by atoms with van der Waals surface area (Å²) in [6.07, 6.45) is 0.166. The summed E-state index contributed by atoms with van der Waals surface area (Å²) in [4.78, 5) is 0.143. The van der Waals surface area contributed by atoms with E-state index in [1.54, 1.807) is 32.0 Å². The third-order valence-electron chi connectivity index (χ3n) is 2.67. The number of hydrogen-bond donors (Lipinski definition) is 1. The number of nitrogens with two attached hydrogens (primary N) is 1. The molecule has 0 aliphatic rings. The van der Waals surface area contributed by atoms with Crippen LogP contribution < -0.4 is 5.73 Å². The predicted molar refractivity (Wildman–Crippen MR) is 70.3 cm³/mol. The van der Waals surface area contributed by atoms with E-state index in [9.17, 15) is 8.42 Å². The minimum absolute atomic E-state index is 0.143. The smallest absolute Gasteiger partial charge is 0.245 e. The van der Waals surface area contributed by atoms with Gasteiger partial charge in [-0.15, -0.1) is 0 Å². The molecular weight excluding hydrogens is 250 g/mol. The van der Waals surface area contributed by atoms with Gasteiger partial charge in [-0.2, -0.15) is 9.57 Å². The summed E-state index contributed by atoms with van der Waals surface area (Å²) in [5.41, 5.74) is 6.62. The monoisotopic (exact) mass is 267 g/mol. The normalized spacial score (nSPS) is 11.4. The number of rotatable bonds is 5. The van der Waals surface area contributed by atoms with E-state index in [-0.39, 0.29) is 23.5 Å². The van der Waals surface area contributed by atoms with Gasteiger partial charge in [-0.05, 0) is 18.6 Å². The first-order valence-corrected chi connectivity index (χ1v) is 7.11. The Bertz CT molecular complexity index is 541. The summed E-state index contributed by atoms with van der Waals surface area (Å²) in [6.45, 7) is 3.95. The number of benzene rings is 1. The number of nitrogen functional groups attached to an aromatic ring is 1. The summed E-state index contributed by atoms with van der Waals surface area (Å²) in [5, 5.41) is 8.56. The van der Waals surface area contributed by atoms with Gasteiger partial charge in [0.15, 0.2) is 0 Å². The van der Waals surface area contributed by atoms with Crippen LogP contribution in [0.2, 0.25) is 0 Å². The molecule has 1 rings (SSSR count). The lowest BCUT2D eigenvalue weighted by molar-refractivity contribution is 0.435. The van der Waals surface area contributed by atoms with Gasteiger partial charge in [-0.1, -0.05) is 19.1 Å². The molecule has 1 aromatic rings. The highest BCUT2D eigenvalue weighted by Crippen LogP contribution is 2.25. The van der Waals surface area contributed by atoms with Crippen molar-refractivity contribution in [2.45, 2.75) is 25.2 Å². The number of anilines is 1. The van der Waals surface area contributed by atoms with E-state index in [4.69, 9.17) is 11.0 Å². The van der Waals surface area contributed by atoms with Gasteiger partial charge >= 0.3 is 0 Å². The van der Waals surface area contributed by atoms with E-state index in [1.807, 2.05) is 6.07 Å². The number of nitriles is 1. The Morgan fingerprint density at radius 2 is 2.11 bits per heavy atom. The number of sulfonamides is 1. The molecule has 0 heterocycles. The van der Waals surface area contributed by atoms with Crippen LogP contribution in [-0.2, 0) is 10.0 Å². The first-order chi connectivity index (χ1) is 8.45. The quantitative estimate of drug-likeness (QED) is 0.819.